The van der Waals surface area contributed by atoms with Crippen molar-refractivity contribution >= 4 is 23.4 Å². The zero-order chi connectivity index (χ0) is 16.8. The minimum atomic E-state index is 0.287. The van der Waals surface area contributed by atoms with Gasteiger partial charge in [-0.1, -0.05) is 18.2 Å². The number of aryl methyl sites for hydroxylation is 1. The molecule has 2 aromatic rings. The van der Waals surface area contributed by atoms with Gasteiger partial charge in [0.05, 0.1) is 6.20 Å². The molecule has 1 fully saturated rings. The Kier molecular flexibility index (Phi) is 5.80. The maximum Gasteiger partial charge on any atom is 0.222 e. The SMILES string of the molecule is Cn1cc(SCCCC(=O)N2CCN(c3ccccc3)CC2)cn1. The van der Waals surface area contributed by atoms with Crippen molar-refractivity contribution in [3.8, 4) is 0 Å². The standard InChI is InChI=1S/C18H24N4OS/c1-20-15-17(14-19-20)24-13-5-8-18(23)22-11-9-21(10-12-22)16-6-3-2-4-7-16/h2-4,6-7,14-15H,5,8-13H2,1H3. The van der Waals surface area contributed by atoms with Crippen LogP contribution in [0.3, 0.4) is 0 Å². The second-order valence-corrected chi connectivity index (χ2v) is 7.17. The molecule has 0 radical (unpaired) electrons. The molecule has 0 unspecified atom stereocenters. The summed E-state index contributed by atoms with van der Waals surface area (Å²) in [7, 11) is 1.92. The highest BCUT2D eigenvalue weighted by molar-refractivity contribution is 7.99. The molecule has 0 spiro atoms. The van der Waals surface area contributed by atoms with E-state index in [1.54, 1.807) is 16.4 Å². The Balaban J connectivity index is 1.36. The van der Waals surface area contributed by atoms with Crippen molar-refractivity contribution in [1.29, 1.82) is 0 Å². The summed E-state index contributed by atoms with van der Waals surface area (Å²) in [6.07, 6.45) is 5.43. The number of amides is 1. The summed E-state index contributed by atoms with van der Waals surface area (Å²) in [6.45, 7) is 3.48. The van der Waals surface area contributed by atoms with Crippen LogP contribution in [0, 0.1) is 0 Å². The van der Waals surface area contributed by atoms with E-state index in [9.17, 15) is 4.79 Å². The molecule has 1 aliphatic heterocycles. The van der Waals surface area contributed by atoms with Crippen LogP contribution in [0.2, 0.25) is 0 Å². The summed E-state index contributed by atoms with van der Waals surface area (Å²) in [5.74, 6) is 1.25. The molecule has 0 atom stereocenters. The molecule has 5 nitrogen and oxygen atoms in total. The first kappa shape index (κ1) is 16.9. The number of carbonyl (C=O) groups is 1. The van der Waals surface area contributed by atoms with Crippen LogP contribution in [0.5, 0.6) is 0 Å². The smallest absolute Gasteiger partial charge is 0.222 e. The Morgan fingerprint density at radius 3 is 2.58 bits per heavy atom. The average molecular weight is 344 g/mol. The van der Waals surface area contributed by atoms with E-state index in [0.717, 1.165) is 38.4 Å². The van der Waals surface area contributed by atoms with Gasteiger partial charge in [0.2, 0.25) is 5.91 Å². The van der Waals surface area contributed by atoms with Crippen molar-refractivity contribution < 1.29 is 4.79 Å². The van der Waals surface area contributed by atoms with E-state index in [-0.39, 0.29) is 5.91 Å². The molecule has 1 saturated heterocycles. The lowest BCUT2D eigenvalue weighted by Gasteiger charge is -2.36. The summed E-state index contributed by atoms with van der Waals surface area (Å²) in [4.78, 5) is 17.9. The van der Waals surface area contributed by atoms with Gasteiger partial charge in [-0.05, 0) is 24.3 Å². The highest BCUT2D eigenvalue weighted by Crippen LogP contribution is 2.19. The van der Waals surface area contributed by atoms with Gasteiger partial charge in [-0.2, -0.15) is 5.10 Å². The number of hydrogen-bond acceptors (Lipinski definition) is 4. The molecule has 0 saturated carbocycles. The molecule has 2 heterocycles. The minimum absolute atomic E-state index is 0.287. The molecule has 1 amide bonds. The first-order valence-electron chi connectivity index (χ1n) is 8.41. The second-order valence-electron chi connectivity index (χ2n) is 6.01. The predicted octanol–water partition coefficient (Wildman–Crippen LogP) is 2.64. The normalized spacial score (nSPS) is 14.9. The van der Waals surface area contributed by atoms with E-state index < -0.39 is 0 Å². The molecule has 24 heavy (non-hydrogen) atoms. The number of nitrogens with zero attached hydrogens (tertiary/aromatic N) is 4. The van der Waals surface area contributed by atoms with Crippen LogP contribution in [-0.4, -0.2) is 52.5 Å². The number of para-hydroxylation sites is 1. The van der Waals surface area contributed by atoms with E-state index in [0.29, 0.717) is 6.42 Å². The maximum atomic E-state index is 12.3. The largest absolute Gasteiger partial charge is 0.368 e. The molecule has 1 aliphatic rings. The molecule has 6 heteroatoms. The van der Waals surface area contributed by atoms with Crippen molar-refractivity contribution in [2.24, 2.45) is 7.05 Å². The number of benzene rings is 1. The number of piperazine rings is 1. The number of carbonyl (C=O) groups excluding carboxylic acids is 1. The Morgan fingerprint density at radius 1 is 1.17 bits per heavy atom. The number of rotatable bonds is 6. The van der Waals surface area contributed by atoms with Crippen molar-refractivity contribution in [2.45, 2.75) is 17.7 Å². The third-order valence-corrected chi connectivity index (χ3v) is 5.28. The van der Waals surface area contributed by atoms with E-state index in [4.69, 9.17) is 0 Å². The number of aromatic nitrogens is 2. The number of anilines is 1. The van der Waals surface area contributed by atoms with Crippen molar-refractivity contribution in [1.82, 2.24) is 14.7 Å². The van der Waals surface area contributed by atoms with Crippen LogP contribution < -0.4 is 4.90 Å². The Morgan fingerprint density at radius 2 is 1.92 bits per heavy atom. The van der Waals surface area contributed by atoms with Gasteiger partial charge in [0, 0.05) is 56.4 Å². The van der Waals surface area contributed by atoms with E-state index >= 15 is 0 Å². The minimum Gasteiger partial charge on any atom is -0.368 e. The number of hydrogen-bond donors (Lipinski definition) is 0. The average Bonchev–Trinajstić information content (AvgIpc) is 3.05. The van der Waals surface area contributed by atoms with E-state index in [2.05, 4.69) is 34.3 Å². The van der Waals surface area contributed by atoms with Crippen molar-refractivity contribution in [2.75, 3.05) is 36.8 Å². The van der Waals surface area contributed by atoms with Gasteiger partial charge in [0.1, 0.15) is 0 Å². The Bertz CT molecular complexity index is 650. The molecule has 128 valence electrons. The fourth-order valence-electron chi connectivity index (χ4n) is 2.90. The van der Waals surface area contributed by atoms with Crippen LogP contribution >= 0.6 is 11.8 Å². The van der Waals surface area contributed by atoms with Gasteiger partial charge in [0.15, 0.2) is 0 Å². The van der Waals surface area contributed by atoms with Crippen LogP contribution in [0.1, 0.15) is 12.8 Å². The molecule has 0 N–H and O–H groups in total. The summed E-state index contributed by atoms with van der Waals surface area (Å²) in [5, 5.41) is 4.15. The Hall–Kier alpha value is -1.95. The molecule has 0 aliphatic carbocycles. The van der Waals surface area contributed by atoms with Gasteiger partial charge in [0.25, 0.3) is 0 Å². The highest BCUT2D eigenvalue weighted by Gasteiger charge is 2.20. The summed E-state index contributed by atoms with van der Waals surface area (Å²) in [6, 6.07) is 10.4. The first-order valence-corrected chi connectivity index (χ1v) is 9.40. The molecule has 0 bridgehead atoms. The summed E-state index contributed by atoms with van der Waals surface area (Å²) >= 11 is 1.77. The molecule has 1 aromatic carbocycles. The topological polar surface area (TPSA) is 41.4 Å². The van der Waals surface area contributed by atoms with Gasteiger partial charge < -0.3 is 9.80 Å². The van der Waals surface area contributed by atoms with Crippen LogP contribution in [0.25, 0.3) is 0 Å². The van der Waals surface area contributed by atoms with Gasteiger partial charge in [-0.15, -0.1) is 11.8 Å². The van der Waals surface area contributed by atoms with E-state index in [1.807, 2.05) is 30.4 Å². The molecule has 1 aromatic heterocycles. The quantitative estimate of drug-likeness (QED) is 0.597. The highest BCUT2D eigenvalue weighted by atomic mass is 32.2. The fraction of sp³-hybridized carbons (Fsp3) is 0.444. The first-order chi connectivity index (χ1) is 11.7. The lowest BCUT2D eigenvalue weighted by Crippen LogP contribution is -2.48. The van der Waals surface area contributed by atoms with Gasteiger partial charge in [-0.25, -0.2) is 0 Å². The maximum absolute atomic E-state index is 12.3. The zero-order valence-electron chi connectivity index (χ0n) is 14.1. The summed E-state index contributed by atoms with van der Waals surface area (Å²) in [5.41, 5.74) is 1.25. The second kappa shape index (κ2) is 8.24. The van der Waals surface area contributed by atoms with Gasteiger partial charge in [-0.3, -0.25) is 9.48 Å². The van der Waals surface area contributed by atoms with Crippen LogP contribution in [0.4, 0.5) is 5.69 Å². The monoisotopic (exact) mass is 344 g/mol. The zero-order valence-corrected chi connectivity index (χ0v) is 14.9. The van der Waals surface area contributed by atoms with Crippen LogP contribution in [-0.2, 0) is 11.8 Å². The lowest BCUT2D eigenvalue weighted by molar-refractivity contribution is -0.131. The fourth-order valence-corrected chi connectivity index (χ4v) is 3.77. The summed E-state index contributed by atoms with van der Waals surface area (Å²) < 4.78 is 1.81. The third kappa shape index (κ3) is 4.54. The van der Waals surface area contributed by atoms with E-state index in [1.165, 1.54) is 10.6 Å². The molecule has 3 rings (SSSR count). The number of thioether (sulfide) groups is 1. The molecular formula is C18H24N4OS. The van der Waals surface area contributed by atoms with Gasteiger partial charge >= 0.3 is 0 Å². The molecular weight excluding hydrogens is 320 g/mol. The lowest BCUT2D eigenvalue weighted by atomic mass is 10.2. The Labute approximate surface area is 147 Å². The van der Waals surface area contributed by atoms with Crippen molar-refractivity contribution in [3.63, 3.8) is 0 Å². The van der Waals surface area contributed by atoms with Crippen molar-refractivity contribution in [3.05, 3.63) is 42.7 Å². The predicted molar refractivity (Wildman–Crippen MR) is 98.4 cm³/mol. The third-order valence-electron chi connectivity index (χ3n) is 4.24. The van der Waals surface area contributed by atoms with Crippen LogP contribution in [0.15, 0.2) is 47.6 Å².